The van der Waals surface area contributed by atoms with Gasteiger partial charge in [-0.2, -0.15) is 0 Å². The maximum absolute atomic E-state index is 13.0. The van der Waals surface area contributed by atoms with Gasteiger partial charge in [0.1, 0.15) is 5.82 Å². The third-order valence-electron chi connectivity index (χ3n) is 6.59. The van der Waals surface area contributed by atoms with Crippen LogP contribution in [0.25, 0.3) is 0 Å². The Morgan fingerprint density at radius 3 is 2.77 bits per heavy atom. The van der Waals surface area contributed by atoms with Crippen LogP contribution in [0.15, 0.2) is 18.2 Å². The number of hydrogen-bond acceptors (Lipinski definition) is 2. The molecule has 0 aromatic heterocycles. The summed E-state index contributed by atoms with van der Waals surface area (Å²) >= 11 is 5.88. The van der Waals surface area contributed by atoms with Crippen LogP contribution in [0, 0.1) is 29.5 Å². The van der Waals surface area contributed by atoms with Crippen LogP contribution in [0.4, 0.5) is 4.39 Å². The van der Waals surface area contributed by atoms with Gasteiger partial charge in [-0.1, -0.05) is 18.0 Å². The second-order valence-electron chi connectivity index (χ2n) is 7.96. The molecule has 0 spiro atoms. The average Bonchev–Trinajstić information content (AvgIpc) is 3.27. The molecule has 0 saturated heterocycles. The maximum atomic E-state index is 13.0. The van der Waals surface area contributed by atoms with E-state index in [1.807, 2.05) is 0 Å². The van der Waals surface area contributed by atoms with Crippen LogP contribution >= 0.6 is 11.6 Å². The van der Waals surface area contributed by atoms with Gasteiger partial charge in [-0.25, -0.2) is 4.39 Å². The molecule has 0 radical (unpaired) electrons. The topological polar surface area (TPSA) is 58.2 Å². The Hall–Kier alpha value is -1.62. The molecule has 4 nitrogen and oxygen atoms in total. The lowest BCUT2D eigenvalue weighted by Gasteiger charge is -2.32. The molecule has 2 N–H and O–H groups in total. The molecule has 0 heterocycles. The monoisotopic (exact) mass is 378 g/mol. The first-order valence-electron chi connectivity index (χ1n) is 9.55. The predicted molar refractivity (Wildman–Crippen MR) is 97.3 cm³/mol. The molecule has 140 valence electrons. The van der Waals surface area contributed by atoms with Crippen molar-refractivity contribution >= 4 is 23.4 Å². The second kappa shape index (κ2) is 7.18. The summed E-state index contributed by atoms with van der Waals surface area (Å²) in [5.41, 5.74) is 0.217. The number of amides is 2. The van der Waals surface area contributed by atoms with Gasteiger partial charge in [0.25, 0.3) is 5.91 Å². The van der Waals surface area contributed by atoms with Crippen LogP contribution in [-0.4, -0.2) is 24.4 Å². The summed E-state index contributed by atoms with van der Waals surface area (Å²) in [6.45, 7) is 0.241. The SMILES string of the molecule is O=C(CCNC(=O)c1ccc(F)cc1Cl)NC1CC2CC1C1CCCC21. The molecular formula is C20H24ClFN2O2. The average molecular weight is 379 g/mol. The van der Waals surface area contributed by atoms with E-state index in [1.165, 1.54) is 37.8 Å². The van der Waals surface area contributed by atoms with E-state index in [9.17, 15) is 14.0 Å². The summed E-state index contributed by atoms with van der Waals surface area (Å²) in [6, 6.07) is 3.96. The molecular weight excluding hydrogens is 355 g/mol. The Balaban J connectivity index is 1.23. The minimum absolute atomic E-state index is 0.0115. The molecule has 1 aromatic carbocycles. The maximum Gasteiger partial charge on any atom is 0.252 e. The molecule has 5 unspecified atom stereocenters. The number of hydrogen-bond donors (Lipinski definition) is 2. The molecule has 6 heteroatoms. The molecule has 0 aliphatic heterocycles. The second-order valence-corrected chi connectivity index (χ2v) is 8.37. The molecule has 1 aromatic rings. The van der Waals surface area contributed by atoms with Crippen molar-refractivity contribution in [2.24, 2.45) is 23.7 Å². The van der Waals surface area contributed by atoms with Gasteiger partial charge >= 0.3 is 0 Å². The zero-order valence-electron chi connectivity index (χ0n) is 14.6. The lowest BCUT2D eigenvalue weighted by Crippen LogP contribution is -2.43. The fourth-order valence-corrected chi connectivity index (χ4v) is 5.82. The van der Waals surface area contributed by atoms with Crippen LogP contribution in [0.5, 0.6) is 0 Å². The van der Waals surface area contributed by atoms with Crippen LogP contribution in [0.3, 0.4) is 0 Å². The van der Waals surface area contributed by atoms with E-state index in [0.29, 0.717) is 12.0 Å². The summed E-state index contributed by atoms with van der Waals surface area (Å²) in [5.74, 6) is 2.30. The zero-order valence-corrected chi connectivity index (χ0v) is 15.4. The van der Waals surface area contributed by atoms with Crippen LogP contribution in [0.2, 0.25) is 5.02 Å². The molecule has 3 saturated carbocycles. The number of rotatable bonds is 5. The normalized spacial score (nSPS) is 31.7. The van der Waals surface area contributed by atoms with E-state index in [-0.39, 0.29) is 29.5 Å². The fourth-order valence-electron chi connectivity index (χ4n) is 5.57. The molecule has 2 amide bonds. The van der Waals surface area contributed by atoms with E-state index >= 15 is 0 Å². The largest absolute Gasteiger partial charge is 0.353 e. The van der Waals surface area contributed by atoms with E-state index in [1.54, 1.807) is 0 Å². The molecule has 3 fully saturated rings. The van der Waals surface area contributed by atoms with Crippen molar-refractivity contribution in [1.29, 1.82) is 0 Å². The van der Waals surface area contributed by atoms with Crippen molar-refractivity contribution in [2.75, 3.05) is 6.54 Å². The standard InChI is InChI=1S/C20H24ClFN2O2/c21-17-10-12(22)4-5-15(17)20(26)23-7-6-19(25)24-18-9-11-8-16(18)14-3-1-2-13(11)14/h4-5,10-11,13-14,16,18H,1-3,6-9H2,(H,23,26)(H,24,25). The zero-order chi connectivity index (χ0) is 18.3. The van der Waals surface area contributed by atoms with Crippen molar-refractivity contribution in [3.05, 3.63) is 34.6 Å². The highest BCUT2D eigenvalue weighted by atomic mass is 35.5. The quantitative estimate of drug-likeness (QED) is 0.823. The number of halogens is 2. The molecule has 2 bridgehead atoms. The first-order valence-corrected chi connectivity index (χ1v) is 9.93. The Bertz CT molecular complexity index is 726. The highest BCUT2D eigenvalue weighted by Gasteiger charge is 2.53. The summed E-state index contributed by atoms with van der Waals surface area (Å²) in [7, 11) is 0. The van der Waals surface area contributed by atoms with Gasteiger partial charge in [0.05, 0.1) is 10.6 Å². The van der Waals surface area contributed by atoms with Gasteiger partial charge in [0.2, 0.25) is 5.91 Å². The van der Waals surface area contributed by atoms with Crippen molar-refractivity contribution in [3.8, 4) is 0 Å². The smallest absolute Gasteiger partial charge is 0.252 e. The fraction of sp³-hybridized carbons (Fsp3) is 0.600. The lowest BCUT2D eigenvalue weighted by molar-refractivity contribution is -0.122. The molecule has 4 rings (SSSR count). The molecule has 3 aliphatic carbocycles. The molecule has 5 atom stereocenters. The number of benzene rings is 1. The first kappa shape index (κ1) is 17.8. The van der Waals surface area contributed by atoms with Gasteiger partial charge in [-0.05, 0) is 67.6 Å². The minimum atomic E-state index is -0.485. The summed E-state index contributed by atoms with van der Waals surface area (Å²) in [6.07, 6.45) is 6.69. The number of carbonyl (C=O) groups excluding carboxylic acids is 2. The number of nitrogens with one attached hydrogen (secondary N) is 2. The van der Waals surface area contributed by atoms with Gasteiger partial charge < -0.3 is 10.6 Å². The van der Waals surface area contributed by atoms with Gasteiger partial charge in [-0.3, -0.25) is 9.59 Å². The first-order chi connectivity index (χ1) is 12.5. The van der Waals surface area contributed by atoms with E-state index in [0.717, 1.165) is 30.2 Å². The third kappa shape index (κ3) is 3.34. The Morgan fingerprint density at radius 2 is 1.96 bits per heavy atom. The van der Waals surface area contributed by atoms with Crippen molar-refractivity contribution in [3.63, 3.8) is 0 Å². The van der Waals surface area contributed by atoms with Gasteiger partial charge in [-0.15, -0.1) is 0 Å². The van der Waals surface area contributed by atoms with Crippen molar-refractivity contribution in [1.82, 2.24) is 10.6 Å². The summed E-state index contributed by atoms with van der Waals surface area (Å²) in [4.78, 5) is 24.3. The van der Waals surface area contributed by atoms with E-state index < -0.39 is 11.7 Å². The number of fused-ring (bicyclic) bond motifs is 5. The summed E-state index contributed by atoms with van der Waals surface area (Å²) in [5, 5.41) is 5.94. The highest BCUT2D eigenvalue weighted by molar-refractivity contribution is 6.33. The predicted octanol–water partition coefficient (Wildman–Crippen LogP) is 3.54. The Morgan fingerprint density at radius 1 is 1.15 bits per heavy atom. The van der Waals surface area contributed by atoms with Gasteiger partial charge in [0, 0.05) is 19.0 Å². The van der Waals surface area contributed by atoms with E-state index in [2.05, 4.69) is 10.6 Å². The van der Waals surface area contributed by atoms with Crippen LogP contribution in [-0.2, 0) is 4.79 Å². The Kier molecular flexibility index (Phi) is 4.91. The minimum Gasteiger partial charge on any atom is -0.353 e. The lowest BCUT2D eigenvalue weighted by atomic mass is 9.79. The summed E-state index contributed by atoms with van der Waals surface area (Å²) < 4.78 is 13.0. The van der Waals surface area contributed by atoms with Gasteiger partial charge in [0.15, 0.2) is 0 Å². The van der Waals surface area contributed by atoms with Crippen molar-refractivity contribution < 1.29 is 14.0 Å². The highest BCUT2D eigenvalue weighted by Crippen LogP contribution is 2.58. The Labute approximate surface area is 157 Å². The molecule has 3 aliphatic rings. The van der Waals surface area contributed by atoms with E-state index in [4.69, 9.17) is 11.6 Å². The van der Waals surface area contributed by atoms with Crippen LogP contribution in [0.1, 0.15) is 48.9 Å². The van der Waals surface area contributed by atoms with Crippen LogP contribution < -0.4 is 10.6 Å². The van der Waals surface area contributed by atoms with Crippen molar-refractivity contribution in [2.45, 2.75) is 44.6 Å². The third-order valence-corrected chi connectivity index (χ3v) is 6.90. The molecule has 26 heavy (non-hydrogen) atoms. The number of carbonyl (C=O) groups is 2.